The minimum Gasteiger partial charge on any atom is -1.00 e. The van der Waals surface area contributed by atoms with Gasteiger partial charge in [0.25, 0.3) is 0 Å². The van der Waals surface area contributed by atoms with Gasteiger partial charge in [0.1, 0.15) is 22.9 Å². The van der Waals surface area contributed by atoms with Crippen LogP contribution in [0.2, 0.25) is 0 Å². The molecule has 0 heterocycles. The van der Waals surface area contributed by atoms with Gasteiger partial charge in [-0.15, -0.1) is 12.4 Å². The molecule has 10 heteroatoms. The molecule has 0 bridgehead atoms. The van der Waals surface area contributed by atoms with Crippen LogP contribution < -0.4 is 35.4 Å². The van der Waals surface area contributed by atoms with Crippen LogP contribution in [0.1, 0.15) is 25.0 Å². The topological polar surface area (TPSA) is 13.0 Å². The summed E-state index contributed by atoms with van der Waals surface area (Å²) in [4.78, 5) is 0. The molecule has 4 nitrogen and oxygen atoms in total. The average Bonchev–Trinajstić information content (AvgIpc) is 3.01. The molecule has 4 aromatic carbocycles. The third kappa shape index (κ3) is 11.5. The summed E-state index contributed by atoms with van der Waals surface area (Å²) >= 11 is 0. The summed E-state index contributed by atoms with van der Waals surface area (Å²) in [6.07, 6.45) is 2.16. The van der Waals surface area contributed by atoms with E-state index < -0.39 is 15.1 Å². The first-order valence-electron chi connectivity index (χ1n) is 15.0. The number of benzene rings is 4. The van der Waals surface area contributed by atoms with E-state index in [9.17, 15) is 0 Å². The van der Waals surface area contributed by atoms with Crippen LogP contribution in [-0.2, 0) is 12.3 Å². The second-order valence-corrected chi connectivity index (χ2v) is 18.7. The van der Waals surface area contributed by atoms with Gasteiger partial charge in [-0.25, -0.2) is 0 Å². The number of nitrogens with zero attached hydrogens (tertiary/aromatic N) is 4. The smallest absolute Gasteiger partial charge is 0.230 e. The van der Waals surface area contributed by atoms with E-state index in [0.29, 0.717) is 0 Å². The lowest BCUT2D eigenvalue weighted by molar-refractivity contribution is -0.00100. The van der Waals surface area contributed by atoms with E-state index in [1.54, 1.807) is 0 Å². The van der Waals surface area contributed by atoms with Crippen LogP contribution >= 0.6 is 41.0 Å². The predicted octanol–water partition coefficient (Wildman–Crippen LogP) is 2.29. The van der Waals surface area contributed by atoms with Crippen LogP contribution in [0.15, 0.2) is 121 Å². The van der Waals surface area contributed by atoms with Crippen LogP contribution in [0.3, 0.4) is 0 Å². The normalized spacial score (nSPS) is 11.0. The lowest BCUT2D eigenvalue weighted by Crippen LogP contribution is -3.00. The Morgan fingerprint density at radius 1 is 0.457 bits per heavy atom. The molecule has 256 valence electrons. The van der Waals surface area contributed by atoms with Gasteiger partial charge in [0.05, 0.1) is 0 Å². The lowest BCUT2D eigenvalue weighted by atomic mass is 10.2. The highest BCUT2D eigenvalue weighted by atomic mass is 35.5. The van der Waals surface area contributed by atoms with Crippen molar-refractivity contribution in [2.24, 2.45) is 0 Å². The first-order chi connectivity index (χ1) is 20.2. The Bertz CT molecular complexity index is 1240. The van der Waals surface area contributed by atoms with Crippen molar-refractivity contribution in [2.45, 2.75) is 26.2 Å². The van der Waals surface area contributed by atoms with Gasteiger partial charge in [-0.1, -0.05) is 97.1 Å². The molecule has 46 heavy (non-hydrogen) atoms. The summed E-state index contributed by atoms with van der Waals surface area (Å²) in [6.45, 7) is 6.69. The molecule has 0 amide bonds. The van der Waals surface area contributed by atoms with Gasteiger partial charge in [0, 0.05) is 55.4 Å². The van der Waals surface area contributed by atoms with Gasteiger partial charge in [0.2, 0.25) is 7.71 Å². The van der Waals surface area contributed by atoms with E-state index in [1.165, 1.54) is 21.7 Å². The van der Waals surface area contributed by atoms with Crippen molar-refractivity contribution in [3.05, 3.63) is 132 Å². The standard InChI is InChI=1S/C23H27NP.C13H25N3P.3ClH.H2S/c1-3-24(4-2)25(22-16-10-6-11-17-22,23-18-12-7-13-19-23)20-21-14-8-5-9-15-21;1-14(2)17(15(3)4,16(5)6)12-13-10-8-7-9-11-13;;;;/h5-19H,3-4,20H2,1-2H3;7-11H,12H2,1-6H3;3*1H;1H2/q2*+1;;;;/p-2. The Labute approximate surface area is 307 Å². The van der Waals surface area contributed by atoms with E-state index >= 15 is 0 Å². The molecule has 0 saturated carbocycles. The minimum absolute atomic E-state index is 0. The van der Waals surface area contributed by atoms with Crippen molar-refractivity contribution in [3.8, 4) is 0 Å². The zero-order valence-electron chi connectivity index (χ0n) is 28.7. The van der Waals surface area contributed by atoms with E-state index in [0.717, 1.165) is 25.4 Å². The summed E-state index contributed by atoms with van der Waals surface area (Å²) in [5, 5.41) is 2.93. The molecule has 0 fully saturated rings. The SMILES string of the molecule is CCN(CC)[P+](Cc1ccccc1)(c1ccccc1)c1ccccc1.CN(C)[P+](Cc1ccccc1)(N(C)C)N(C)C.Cl.S.[Cl-].[Cl-]. The molecular formula is C36H55Cl3N4P2S. The maximum absolute atomic E-state index is 2.70. The zero-order chi connectivity index (χ0) is 30.6. The monoisotopic (exact) mass is 742 g/mol. The van der Waals surface area contributed by atoms with Crippen LogP contribution in [0.4, 0.5) is 0 Å². The highest BCUT2D eigenvalue weighted by Gasteiger charge is 2.48. The van der Waals surface area contributed by atoms with Crippen LogP contribution in [-0.4, -0.2) is 74.1 Å². The average molecular weight is 744 g/mol. The molecule has 0 radical (unpaired) electrons. The molecule has 0 saturated heterocycles. The van der Waals surface area contributed by atoms with E-state index in [1.807, 2.05) is 0 Å². The Balaban J connectivity index is 0. The number of rotatable bonds is 12. The number of hydrogen-bond acceptors (Lipinski definition) is 4. The fraction of sp³-hybridized carbons (Fsp3) is 0.333. The summed E-state index contributed by atoms with van der Waals surface area (Å²) in [7, 11) is 9.93. The quantitative estimate of drug-likeness (QED) is 0.207. The lowest BCUT2D eigenvalue weighted by Gasteiger charge is -2.40. The van der Waals surface area contributed by atoms with Gasteiger partial charge in [0.15, 0.2) is 7.41 Å². The van der Waals surface area contributed by atoms with Crippen molar-refractivity contribution in [1.82, 2.24) is 18.7 Å². The molecule has 0 aliphatic carbocycles. The van der Waals surface area contributed by atoms with E-state index in [4.69, 9.17) is 0 Å². The van der Waals surface area contributed by atoms with Crippen molar-refractivity contribution in [1.29, 1.82) is 0 Å². The fourth-order valence-corrected chi connectivity index (χ4v) is 14.2. The minimum atomic E-state index is -1.70. The van der Waals surface area contributed by atoms with Crippen LogP contribution in [0.25, 0.3) is 0 Å². The number of halogens is 3. The molecule has 4 aromatic rings. The van der Waals surface area contributed by atoms with Crippen LogP contribution in [0.5, 0.6) is 0 Å². The summed E-state index contributed by atoms with van der Waals surface area (Å²) in [6, 6.07) is 43.9. The second kappa shape index (κ2) is 23.2. The maximum Gasteiger partial charge on any atom is 0.230 e. The Morgan fingerprint density at radius 3 is 1.02 bits per heavy atom. The van der Waals surface area contributed by atoms with Crippen LogP contribution in [0, 0.1) is 0 Å². The summed E-state index contributed by atoms with van der Waals surface area (Å²) in [5.74, 6) is 0. The second-order valence-electron chi connectivity index (χ2n) is 11.1. The van der Waals surface area contributed by atoms with E-state index in [2.05, 4.69) is 196 Å². The highest BCUT2D eigenvalue weighted by molar-refractivity contribution is 7.86. The summed E-state index contributed by atoms with van der Waals surface area (Å²) < 4.78 is 9.82. The molecule has 0 spiro atoms. The molecule has 0 unspecified atom stereocenters. The highest BCUT2D eigenvalue weighted by Crippen LogP contribution is 2.66. The largest absolute Gasteiger partial charge is 1.00 e. The Hall–Kier alpha value is -1.20. The number of hydrogen-bond donors (Lipinski definition) is 0. The molecule has 4 rings (SSSR count). The molecular weight excluding hydrogens is 689 g/mol. The summed E-state index contributed by atoms with van der Waals surface area (Å²) in [5.41, 5.74) is 2.81. The molecule has 0 aliphatic rings. The van der Waals surface area contributed by atoms with Crippen molar-refractivity contribution >= 4 is 51.6 Å². The Morgan fingerprint density at radius 2 is 0.739 bits per heavy atom. The van der Waals surface area contributed by atoms with E-state index in [-0.39, 0.29) is 50.7 Å². The fourth-order valence-electron chi connectivity index (χ4n) is 5.99. The van der Waals surface area contributed by atoms with Gasteiger partial charge >= 0.3 is 0 Å². The first-order valence-corrected chi connectivity index (χ1v) is 18.7. The zero-order valence-corrected chi connectivity index (χ0v) is 33.8. The van der Waals surface area contributed by atoms with Crippen molar-refractivity contribution < 1.29 is 24.8 Å². The predicted molar refractivity (Wildman–Crippen MR) is 208 cm³/mol. The molecule has 0 aliphatic heterocycles. The van der Waals surface area contributed by atoms with Gasteiger partial charge in [-0.05, 0) is 49.2 Å². The van der Waals surface area contributed by atoms with Crippen molar-refractivity contribution in [2.75, 3.05) is 55.4 Å². The van der Waals surface area contributed by atoms with Gasteiger partial charge < -0.3 is 24.8 Å². The molecule has 0 atom stereocenters. The first kappa shape index (κ1) is 46.9. The Kier molecular flexibility index (Phi) is 23.7. The maximum atomic E-state index is 2.70. The van der Waals surface area contributed by atoms with Gasteiger partial charge in [-0.2, -0.15) is 32.2 Å². The molecule has 0 N–H and O–H groups in total. The molecule has 0 aromatic heterocycles. The van der Waals surface area contributed by atoms with Crippen molar-refractivity contribution in [3.63, 3.8) is 0 Å². The third-order valence-electron chi connectivity index (χ3n) is 7.99. The third-order valence-corrected chi connectivity index (χ3v) is 17.3. The van der Waals surface area contributed by atoms with Gasteiger partial charge in [-0.3, -0.25) is 0 Å².